The van der Waals surface area contributed by atoms with Crippen molar-refractivity contribution < 1.29 is 24.6 Å². The van der Waals surface area contributed by atoms with Gasteiger partial charge in [-0.3, -0.25) is 9.59 Å². The minimum absolute atomic E-state index is 0.0296. The summed E-state index contributed by atoms with van der Waals surface area (Å²) in [4.78, 5) is 39.7. The van der Waals surface area contributed by atoms with Gasteiger partial charge in [0.2, 0.25) is 0 Å². The van der Waals surface area contributed by atoms with Crippen molar-refractivity contribution in [1.29, 1.82) is 0 Å². The lowest BCUT2D eigenvalue weighted by molar-refractivity contribution is -0.140. The Bertz CT molecular complexity index is 1620. The Morgan fingerprint density at radius 3 is 2.10 bits per heavy atom. The number of aromatic carboxylic acids is 1. The first-order valence-electron chi connectivity index (χ1n) is 12.8. The molecule has 0 bridgehead atoms. The second-order valence-electron chi connectivity index (χ2n) is 10.8. The van der Waals surface area contributed by atoms with Gasteiger partial charge in [0.25, 0.3) is 11.7 Å². The zero-order valence-corrected chi connectivity index (χ0v) is 22.0. The maximum atomic E-state index is 13.5. The van der Waals surface area contributed by atoms with Gasteiger partial charge in [-0.25, -0.2) is 4.79 Å². The summed E-state index contributed by atoms with van der Waals surface area (Å²) in [5.41, 5.74) is 3.02. The van der Waals surface area contributed by atoms with Crippen molar-refractivity contribution in [3.8, 4) is 0 Å². The number of rotatable bonds is 5. The van der Waals surface area contributed by atoms with E-state index < -0.39 is 23.7 Å². The van der Waals surface area contributed by atoms with E-state index in [2.05, 4.69) is 20.8 Å². The molecule has 5 rings (SSSR count). The SMILES string of the molecule is CC(C)(C)c1ccc(C2/C(=C(/O)c3cccc4ccccc34)C(=O)C(=O)N2Cc2ccc(C(=O)O)cc2)cc1. The molecule has 0 aromatic heterocycles. The highest BCUT2D eigenvalue weighted by Gasteiger charge is 2.46. The molecule has 6 heteroatoms. The molecule has 1 amide bonds. The Morgan fingerprint density at radius 1 is 0.821 bits per heavy atom. The Labute approximate surface area is 226 Å². The molecule has 1 saturated heterocycles. The zero-order valence-electron chi connectivity index (χ0n) is 22.0. The average Bonchev–Trinajstić information content (AvgIpc) is 3.17. The van der Waals surface area contributed by atoms with E-state index in [4.69, 9.17) is 0 Å². The van der Waals surface area contributed by atoms with Crippen molar-refractivity contribution in [3.63, 3.8) is 0 Å². The predicted molar refractivity (Wildman–Crippen MR) is 150 cm³/mol. The number of aliphatic hydroxyl groups excluding tert-OH is 1. The molecule has 1 atom stereocenters. The van der Waals surface area contributed by atoms with Crippen LogP contribution in [0.1, 0.15) is 59.4 Å². The molecule has 1 aliphatic heterocycles. The van der Waals surface area contributed by atoms with Crippen molar-refractivity contribution in [1.82, 2.24) is 4.90 Å². The average molecular weight is 520 g/mol. The number of Topliss-reactive ketones (excluding diaryl/α,β-unsaturated/α-hetero) is 1. The molecule has 4 aromatic rings. The van der Waals surface area contributed by atoms with Crippen molar-refractivity contribution in [2.45, 2.75) is 38.8 Å². The lowest BCUT2D eigenvalue weighted by atomic mass is 9.85. The molecule has 0 spiro atoms. The fourth-order valence-corrected chi connectivity index (χ4v) is 5.08. The summed E-state index contributed by atoms with van der Waals surface area (Å²) in [6.07, 6.45) is 0. The van der Waals surface area contributed by atoms with Crippen LogP contribution in [0.25, 0.3) is 16.5 Å². The number of fused-ring (bicyclic) bond motifs is 1. The quantitative estimate of drug-likeness (QED) is 0.179. The Kier molecular flexibility index (Phi) is 6.56. The smallest absolute Gasteiger partial charge is 0.335 e. The molecular formula is C33H29NO5. The highest BCUT2D eigenvalue weighted by atomic mass is 16.4. The second kappa shape index (κ2) is 9.87. The van der Waals surface area contributed by atoms with E-state index >= 15 is 0 Å². The molecule has 39 heavy (non-hydrogen) atoms. The molecule has 0 radical (unpaired) electrons. The predicted octanol–water partition coefficient (Wildman–Crippen LogP) is 6.46. The largest absolute Gasteiger partial charge is 0.507 e. The van der Waals surface area contributed by atoms with Gasteiger partial charge in [-0.1, -0.05) is 99.6 Å². The van der Waals surface area contributed by atoms with Gasteiger partial charge in [-0.2, -0.15) is 0 Å². The highest BCUT2D eigenvalue weighted by Crippen LogP contribution is 2.41. The summed E-state index contributed by atoms with van der Waals surface area (Å²) >= 11 is 0. The van der Waals surface area contributed by atoms with E-state index in [1.54, 1.807) is 18.2 Å². The fourth-order valence-electron chi connectivity index (χ4n) is 5.08. The second-order valence-corrected chi connectivity index (χ2v) is 10.8. The van der Waals surface area contributed by atoms with E-state index in [9.17, 15) is 24.6 Å². The van der Waals surface area contributed by atoms with E-state index in [0.29, 0.717) is 16.7 Å². The molecule has 196 valence electrons. The third kappa shape index (κ3) is 4.81. The maximum Gasteiger partial charge on any atom is 0.335 e. The van der Waals surface area contributed by atoms with Gasteiger partial charge in [-0.05, 0) is 45.0 Å². The van der Waals surface area contributed by atoms with Gasteiger partial charge < -0.3 is 15.1 Å². The molecule has 1 heterocycles. The Hall–Kier alpha value is -4.71. The van der Waals surface area contributed by atoms with Crippen LogP contribution in [0, 0.1) is 0 Å². The van der Waals surface area contributed by atoms with E-state index in [-0.39, 0.29) is 28.9 Å². The summed E-state index contributed by atoms with van der Waals surface area (Å²) in [5.74, 6) is -2.74. The number of carboxylic acids is 1. The number of likely N-dealkylation sites (tertiary alicyclic amines) is 1. The van der Waals surface area contributed by atoms with Crippen LogP contribution in [0.3, 0.4) is 0 Å². The third-order valence-corrected chi connectivity index (χ3v) is 7.23. The maximum absolute atomic E-state index is 13.5. The van der Waals surface area contributed by atoms with Crippen LogP contribution in [0.5, 0.6) is 0 Å². The molecule has 1 fully saturated rings. The van der Waals surface area contributed by atoms with Crippen LogP contribution < -0.4 is 0 Å². The van der Waals surface area contributed by atoms with E-state index in [1.807, 2.05) is 60.7 Å². The highest BCUT2D eigenvalue weighted by molar-refractivity contribution is 6.46. The molecule has 4 aromatic carbocycles. The molecule has 1 unspecified atom stereocenters. The summed E-state index contributed by atoms with van der Waals surface area (Å²) in [5, 5.41) is 22.5. The van der Waals surface area contributed by atoms with Crippen LogP contribution >= 0.6 is 0 Å². The van der Waals surface area contributed by atoms with Gasteiger partial charge in [0.05, 0.1) is 17.2 Å². The van der Waals surface area contributed by atoms with Gasteiger partial charge >= 0.3 is 5.97 Å². The Morgan fingerprint density at radius 2 is 1.46 bits per heavy atom. The first-order valence-corrected chi connectivity index (χ1v) is 12.8. The zero-order chi connectivity index (χ0) is 27.9. The summed E-state index contributed by atoms with van der Waals surface area (Å²) in [6.45, 7) is 6.39. The van der Waals surface area contributed by atoms with Gasteiger partial charge in [-0.15, -0.1) is 0 Å². The van der Waals surface area contributed by atoms with E-state index in [0.717, 1.165) is 16.3 Å². The lowest BCUT2D eigenvalue weighted by Gasteiger charge is -2.27. The standard InChI is InChI=1S/C33H29NO5/c1-33(2,3)24-17-15-22(16-18-24)28-27(29(35)26-10-6-8-21-7-4-5-9-25(21)26)30(36)31(37)34(28)19-20-11-13-23(14-12-20)32(38)39/h4-18,28,35H,19H2,1-3H3,(H,38,39)/b29-27-. The topological polar surface area (TPSA) is 94.9 Å². The van der Waals surface area contributed by atoms with Crippen LogP contribution in [0.2, 0.25) is 0 Å². The number of hydrogen-bond acceptors (Lipinski definition) is 4. The number of aliphatic hydroxyl groups is 1. The van der Waals surface area contributed by atoms with Crippen molar-refractivity contribution >= 4 is 34.2 Å². The molecule has 0 saturated carbocycles. The van der Waals surface area contributed by atoms with Crippen LogP contribution in [-0.2, 0) is 21.5 Å². The van der Waals surface area contributed by atoms with Crippen molar-refractivity contribution in [2.75, 3.05) is 0 Å². The van der Waals surface area contributed by atoms with Crippen LogP contribution in [-0.4, -0.2) is 32.8 Å². The summed E-state index contributed by atoms with van der Waals surface area (Å²) < 4.78 is 0. The number of ketones is 1. The number of amides is 1. The molecule has 1 aliphatic rings. The number of benzene rings is 4. The first-order chi connectivity index (χ1) is 18.6. The van der Waals surface area contributed by atoms with Gasteiger partial charge in [0, 0.05) is 12.1 Å². The molecular weight excluding hydrogens is 490 g/mol. The molecule has 6 nitrogen and oxygen atoms in total. The monoisotopic (exact) mass is 519 g/mol. The fraction of sp³-hybridized carbons (Fsp3) is 0.182. The van der Waals surface area contributed by atoms with E-state index in [1.165, 1.54) is 17.0 Å². The lowest BCUT2D eigenvalue weighted by Crippen LogP contribution is -2.29. The van der Waals surface area contributed by atoms with Crippen molar-refractivity contribution in [3.05, 3.63) is 124 Å². The number of carboxylic acid groups (broad SMARTS) is 1. The first kappa shape index (κ1) is 25.9. The minimum Gasteiger partial charge on any atom is -0.507 e. The molecule has 0 aliphatic carbocycles. The van der Waals surface area contributed by atoms with Crippen LogP contribution in [0.4, 0.5) is 0 Å². The third-order valence-electron chi connectivity index (χ3n) is 7.23. The number of carbonyl (C=O) groups is 3. The number of nitrogens with zero attached hydrogens (tertiary/aromatic N) is 1. The summed E-state index contributed by atoms with van der Waals surface area (Å²) in [7, 11) is 0. The van der Waals surface area contributed by atoms with Crippen LogP contribution in [0.15, 0.2) is 96.6 Å². The van der Waals surface area contributed by atoms with Crippen molar-refractivity contribution in [2.24, 2.45) is 0 Å². The van der Waals surface area contributed by atoms with Gasteiger partial charge in [0.1, 0.15) is 5.76 Å². The number of hydrogen-bond donors (Lipinski definition) is 2. The number of carbonyl (C=O) groups excluding carboxylic acids is 2. The van der Waals surface area contributed by atoms with Gasteiger partial charge in [0.15, 0.2) is 0 Å². The Balaban J connectivity index is 1.66. The minimum atomic E-state index is -1.05. The summed E-state index contributed by atoms with van der Waals surface area (Å²) in [6, 6.07) is 26.2. The molecule has 2 N–H and O–H groups in total. The normalized spacial score (nSPS) is 17.1.